The van der Waals surface area contributed by atoms with Crippen molar-refractivity contribution < 1.29 is 19.2 Å². The van der Waals surface area contributed by atoms with Crippen molar-refractivity contribution in [3.8, 4) is 0 Å². The Morgan fingerprint density at radius 2 is 1.77 bits per heavy atom. The summed E-state index contributed by atoms with van der Waals surface area (Å²) < 4.78 is 0.740. The Hall–Kier alpha value is -2.26. The normalized spacial score (nSPS) is 23.3. The van der Waals surface area contributed by atoms with Crippen molar-refractivity contribution in [2.75, 3.05) is 31.1 Å². The van der Waals surface area contributed by atoms with Gasteiger partial charge in [-0.05, 0) is 34.5 Å². The summed E-state index contributed by atoms with van der Waals surface area (Å²) in [5, 5.41) is 5.47. The van der Waals surface area contributed by atoms with E-state index in [4.69, 9.17) is 0 Å². The van der Waals surface area contributed by atoms with E-state index in [1.165, 1.54) is 0 Å². The number of nitrogens with zero attached hydrogens (tertiary/aromatic N) is 2. The molecule has 2 fully saturated rings. The van der Waals surface area contributed by atoms with Crippen LogP contribution in [0.3, 0.4) is 0 Å². The number of halogens is 1. The molecule has 3 aliphatic rings. The van der Waals surface area contributed by atoms with Gasteiger partial charge in [0.25, 0.3) is 11.8 Å². The van der Waals surface area contributed by atoms with Crippen LogP contribution in [0.2, 0.25) is 0 Å². The predicted octanol–water partition coefficient (Wildman–Crippen LogP) is 0.260. The van der Waals surface area contributed by atoms with E-state index in [0.29, 0.717) is 16.8 Å². The van der Waals surface area contributed by atoms with E-state index in [1.54, 1.807) is 12.1 Å². The summed E-state index contributed by atoms with van der Waals surface area (Å²) in [5.74, 6) is -1.94. The van der Waals surface area contributed by atoms with Gasteiger partial charge >= 0.3 is 0 Å². The van der Waals surface area contributed by atoms with Crippen molar-refractivity contribution >= 4 is 45.2 Å². The molecular weight excluding hydrogens is 404 g/mol. The summed E-state index contributed by atoms with van der Waals surface area (Å²) in [7, 11) is 0. The van der Waals surface area contributed by atoms with Crippen LogP contribution in [-0.4, -0.2) is 60.7 Å². The van der Waals surface area contributed by atoms with Gasteiger partial charge in [0, 0.05) is 37.1 Å². The fourth-order valence-electron chi connectivity index (χ4n) is 3.71. The van der Waals surface area contributed by atoms with Crippen LogP contribution in [0.1, 0.15) is 33.6 Å². The summed E-state index contributed by atoms with van der Waals surface area (Å²) in [6.45, 7) is 3.01. The second-order valence-corrected chi connectivity index (χ2v) is 7.36. The Bertz CT molecular complexity index is 834. The third-order valence-corrected chi connectivity index (χ3v) is 5.61. The molecule has 136 valence electrons. The van der Waals surface area contributed by atoms with E-state index in [9.17, 15) is 19.2 Å². The summed E-state index contributed by atoms with van der Waals surface area (Å²) >= 11 is 3.50. The molecule has 1 atom stereocenters. The molecule has 8 nitrogen and oxygen atoms in total. The number of nitrogens with one attached hydrogen (secondary N) is 2. The number of fused-ring (bicyclic) bond motifs is 1. The number of carbonyl (C=O) groups is 4. The molecule has 1 aromatic carbocycles. The SMILES string of the molecule is O=C1CCC(N2C(=O)c3ccc(Br)c(N4CCNCC4)c3C2=O)C(=O)N1. The minimum absolute atomic E-state index is 0.109. The van der Waals surface area contributed by atoms with Crippen LogP contribution in [0.5, 0.6) is 0 Å². The average molecular weight is 421 g/mol. The van der Waals surface area contributed by atoms with E-state index in [-0.39, 0.29) is 18.7 Å². The van der Waals surface area contributed by atoms with Crippen LogP contribution in [0.25, 0.3) is 0 Å². The zero-order chi connectivity index (χ0) is 18.4. The smallest absolute Gasteiger partial charge is 0.264 e. The van der Waals surface area contributed by atoms with Gasteiger partial charge in [0.15, 0.2) is 0 Å². The van der Waals surface area contributed by atoms with E-state index >= 15 is 0 Å². The fourth-order valence-corrected chi connectivity index (χ4v) is 4.29. The molecule has 0 aromatic heterocycles. The molecule has 0 bridgehead atoms. The highest BCUT2D eigenvalue weighted by Gasteiger charge is 2.46. The van der Waals surface area contributed by atoms with Crippen LogP contribution >= 0.6 is 15.9 Å². The number of benzene rings is 1. The van der Waals surface area contributed by atoms with Gasteiger partial charge in [0.05, 0.1) is 16.8 Å². The number of piperazine rings is 1. The quantitative estimate of drug-likeness (QED) is 0.665. The van der Waals surface area contributed by atoms with Crippen molar-refractivity contribution in [3.63, 3.8) is 0 Å². The first-order valence-electron chi connectivity index (χ1n) is 8.49. The summed E-state index contributed by atoms with van der Waals surface area (Å²) in [4.78, 5) is 52.6. The first-order chi connectivity index (χ1) is 12.5. The van der Waals surface area contributed by atoms with Crippen molar-refractivity contribution in [2.24, 2.45) is 0 Å². The van der Waals surface area contributed by atoms with E-state index in [0.717, 1.165) is 35.6 Å². The van der Waals surface area contributed by atoms with Gasteiger partial charge in [-0.25, -0.2) is 0 Å². The zero-order valence-electron chi connectivity index (χ0n) is 13.9. The summed E-state index contributed by atoms with van der Waals surface area (Å²) in [6, 6.07) is 2.42. The standard InChI is InChI=1S/C17H17BrN4O4/c18-10-2-1-9-13(14(10)21-7-5-19-6-8-21)17(26)22(16(9)25)11-3-4-12(23)20-15(11)24/h1-2,11,19H,3-8H2,(H,20,23,24). The second-order valence-electron chi connectivity index (χ2n) is 6.50. The van der Waals surface area contributed by atoms with E-state index < -0.39 is 23.8 Å². The molecule has 0 spiro atoms. The van der Waals surface area contributed by atoms with Gasteiger partial charge in [-0.15, -0.1) is 0 Å². The average Bonchev–Trinajstić information content (AvgIpc) is 2.87. The first kappa shape index (κ1) is 17.2. The van der Waals surface area contributed by atoms with Gasteiger partial charge in [-0.2, -0.15) is 0 Å². The molecule has 2 N–H and O–H groups in total. The van der Waals surface area contributed by atoms with Crippen LogP contribution in [0, 0.1) is 0 Å². The third kappa shape index (κ3) is 2.62. The molecule has 3 aliphatic heterocycles. The molecular formula is C17H17BrN4O4. The summed E-state index contributed by atoms with van der Waals surface area (Å²) in [5.41, 5.74) is 1.32. The van der Waals surface area contributed by atoms with Gasteiger partial charge in [0.2, 0.25) is 11.8 Å². The number of amides is 4. The third-order valence-electron chi connectivity index (χ3n) is 4.97. The molecule has 9 heteroatoms. The van der Waals surface area contributed by atoms with E-state index in [2.05, 4.69) is 31.5 Å². The molecule has 4 rings (SSSR count). The largest absolute Gasteiger partial charge is 0.367 e. The Kier molecular flexibility index (Phi) is 4.28. The Balaban J connectivity index is 1.74. The lowest BCUT2D eigenvalue weighted by Gasteiger charge is -2.32. The Labute approximate surface area is 158 Å². The maximum Gasteiger partial charge on any atom is 0.264 e. The lowest BCUT2D eigenvalue weighted by molar-refractivity contribution is -0.136. The minimum atomic E-state index is -0.949. The molecule has 26 heavy (non-hydrogen) atoms. The number of hydrogen-bond acceptors (Lipinski definition) is 6. The molecule has 3 heterocycles. The Morgan fingerprint density at radius 3 is 2.46 bits per heavy atom. The highest BCUT2D eigenvalue weighted by Crippen LogP contribution is 2.39. The number of rotatable bonds is 2. The van der Waals surface area contributed by atoms with Crippen LogP contribution in [-0.2, 0) is 9.59 Å². The van der Waals surface area contributed by atoms with Crippen molar-refractivity contribution in [1.29, 1.82) is 0 Å². The fraction of sp³-hybridized carbons (Fsp3) is 0.412. The Morgan fingerprint density at radius 1 is 1.04 bits per heavy atom. The second kappa shape index (κ2) is 6.48. The molecule has 0 radical (unpaired) electrons. The summed E-state index contributed by atoms with van der Waals surface area (Å²) in [6.07, 6.45) is 0.262. The predicted molar refractivity (Wildman–Crippen MR) is 95.9 cm³/mol. The number of anilines is 1. The lowest BCUT2D eigenvalue weighted by atomic mass is 10.0. The number of imide groups is 2. The van der Waals surface area contributed by atoms with Crippen molar-refractivity contribution in [3.05, 3.63) is 27.7 Å². The van der Waals surface area contributed by atoms with Crippen LogP contribution in [0.15, 0.2) is 16.6 Å². The van der Waals surface area contributed by atoms with Gasteiger partial charge in [-0.1, -0.05) is 0 Å². The monoisotopic (exact) mass is 420 g/mol. The number of carbonyl (C=O) groups excluding carboxylic acids is 4. The van der Waals surface area contributed by atoms with Crippen molar-refractivity contribution in [2.45, 2.75) is 18.9 Å². The topological polar surface area (TPSA) is 98.8 Å². The first-order valence-corrected chi connectivity index (χ1v) is 9.28. The molecule has 1 aromatic rings. The van der Waals surface area contributed by atoms with Gasteiger partial charge < -0.3 is 10.2 Å². The van der Waals surface area contributed by atoms with Crippen molar-refractivity contribution in [1.82, 2.24) is 15.5 Å². The maximum atomic E-state index is 13.1. The molecule has 4 amide bonds. The highest BCUT2D eigenvalue weighted by molar-refractivity contribution is 9.10. The molecule has 0 saturated carbocycles. The maximum absolute atomic E-state index is 13.1. The molecule has 0 aliphatic carbocycles. The number of hydrogen-bond donors (Lipinski definition) is 2. The highest BCUT2D eigenvalue weighted by atomic mass is 79.9. The van der Waals surface area contributed by atoms with Crippen LogP contribution < -0.4 is 15.5 Å². The zero-order valence-corrected chi connectivity index (χ0v) is 15.5. The molecule has 2 saturated heterocycles. The lowest BCUT2D eigenvalue weighted by Crippen LogP contribution is -2.54. The molecule has 1 unspecified atom stereocenters. The minimum Gasteiger partial charge on any atom is -0.367 e. The van der Waals surface area contributed by atoms with Gasteiger partial charge in [-0.3, -0.25) is 29.4 Å². The van der Waals surface area contributed by atoms with Crippen LogP contribution in [0.4, 0.5) is 5.69 Å². The van der Waals surface area contributed by atoms with Gasteiger partial charge in [0.1, 0.15) is 6.04 Å². The van der Waals surface area contributed by atoms with E-state index in [1.807, 2.05) is 0 Å². The number of piperidine rings is 1.